The molecule has 10 nitrogen and oxygen atoms in total. The second-order valence-electron chi connectivity index (χ2n) is 6.57. The van der Waals surface area contributed by atoms with Gasteiger partial charge >= 0.3 is 0 Å². The molecule has 3 aromatic rings. The first-order valence-electron chi connectivity index (χ1n) is 9.24. The number of para-hydroxylation sites is 1. The lowest BCUT2D eigenvalue weighted by atomic mass is 10.0. The standard InChI is InChI=1S/C20H20N4O3.CH4O3S/c1-12(26-2)27-17-10-6-9-14-15(19(25)24-20(21)22)11-16(23-18(14)17)13-7-4-3-5-8-13;1-5(2,3)4/h3-12H,1-2H3,(H4,21,22,24,25);1H3,(H,2,3,4). The number of nitrogens with two attached hydrogens (primary N) is 2. The number of fused-ring (bicyclic) bond motifs is 1. The van der Waals surface area contributed by atoms with Crippen molar-refractivity contribution in [1.29, 1.82) is 0 Å². The lowest BCUT2D eigenvalue weighted by molar-refractivity contribution is -0.0374. The summed E-state index contributed by atoms with van der Waals surface area (Å²) in [6.07, 6.45) is 0.238. The number of hydrogen-bond acceptors (Lipinski definition) is 6. The summed E-state index contributed by atoms with van der Waals surface area (Å²) in [7, 11) is -2.12. The number of carbonyl (C=O) groups is 1. The Kier molecular flexibility index (Phi) is 8.24. The van der Waals surface area contributed by atoms with Crippen molar-refractivity contribution in [2.75, 3.05) is 13.4 Å². The lowest BCUT2D eigenvalue weighted by Crippen LogP contribution is -2.24. The monoisotopic (exact) mass is 460 g/mol. The third-order valence-corrected chi connectivity index (χ3v) is 3.96. The number of pyridine rings is 1. The Bertz CT molecular complexity index is 1220. The van der Waals surface area contributed by atoms with Gasteiger partial charge in [-0.25, -0.2) is 4.98 Å². The fourth-order valence-electron chi connectivity index (χ4n) is 2.66. The third-order valence-electron chi connectivity index (χ3n) is 3.96. The van der Waals surface area contributed by atoms with E-state index in [4.69, 9.17) is 30.5 Å². The predicted molar refractivity (Wildman–Crippen MR) is 122 cm³/mol. The van der Waals surface area contributed by atoms with E-state index in [0.717, 1.165) is 5.56 Å². The molecule has 1 amide bonds. The van der Waals surface area contributed by atoms with E-state index in [1.807, 2.05) is 30.3 Å². The molecule has 0 saturated carbocycles. The molecule has 0 saturated heterocycles. The summed E-state index contributed by atoms with van der Waals surface area (Å²) in [6, 6.07) is 16.5. The Morgan fingerprint density at radius 2 is 1.75 bits per heavy atom. The molecule has 0 spiro atoms. The van der Waals surface area contributed by atoms with Crippen molar-refractivity contribution in [3.05, 3.63) is 60.2 Å². The largest absolute Gasteiger partial charge is 0.463 e. The van der Waals surface area contributed by atoms with Gasteiger partial charge in [0.05, 0.1) is 17.5 Å². The van der Waals surface area contributed by atoms with Crippen LogP contribution in [0.2, 0.25) is 0 Å². The van der Waals surface area contributed by atoms with Gasteiger partial charge in [0.2, 0.25) is 0 Å². The number of hydrogen-bond donors (Lipinski definition) is 3. The summed E-state index contributed by atoms with van der Waals surface area (Å²) < 4.78 is 36.8. The zero-order chi connectivity index (χ0) is 23.9. The number of rotatable bonds is 5. The Morgan fingerprint density at radius 1 is 1.12 bits per heavy atom. The maximum absolute atomic E-state index is 12.6. The number of aliphatic imine (C=N–C) groups is 1. The average Bonchev–Trinajstić information content (AvgIpc) is 2.72. The highest BCUT2D eigenvalue weighted by atomic mass is 32.2. The van der Waals surface area contributed by atoms with E-state index in [1.54, 1.807) is 38.3 Å². The van der Waals surface area contributed by atoms with Crippen LogP contribution in [0.3, 0.4) is 0 Å². The summed E-state index contributed by atoms with van der Waals surface area (Å²) >= 11 is 0. The van der Waals surface area contributed by atoms with E-state index in [9.17, 15) is 13.2 Å². The topological polar surface area (TPSA) is 167 Å². The third kappa shape index (κ3) is 7.30. The van der Waals surface area contributed by atoms with Gasteiger partial charge in [-0.2, -0.15) is 13.4 Å². The maximum Gasteiger partial charge on any atom is 0.280 e. The van der Waals surface area contributed by atoms with Gasteiger partial charge in [0.1, 0.15) is 11.3 Å². The number of ether oxygens (including phenoxy) is 2. The number of guanidine groups is 1. The Hall–Kier alpha value is -3.54. The van der Waals surface area contributed by atoms with Gasteiger partial charge in [-0.1, -0.05) is 42.5 Å². The molecule has 0 fully saturated rings. The highest BCUT2D eigenvalue weighted by Gasteiger charge is 2.17. The average molecular weight is 461 g/mol. The Balaban J connectivity index is 0.000000654. The summed E-state index contributed by atoms with van der Waals surface area (Å²) in [6.45, 7) is 1.77. The van der Waals surface area contributed by atoms with Crippen molar-refractivity contribution in [3.63, 3.8) is 0 Å². The molecular formula is C21H24N4O6S. The van der Waals surface area contributed by atoms with Gasteiger partial charge in [0.15, 0.2) is 12.2 Å². The molecule has 3 rings (SSSR count). The van der Waals surface area contributed by atoms with E-state index in [2.05, 4.69) is 4.99 Å². The molecular weight excluding hydrogens is 436 g/mol. The fraction of sp³-hybridized carbons (Fsp3) is 0.190. The molecule has 0 bridgehead atoms. The highest BCUT2D eigenvalue weighted by Crippen LogP contribution is 2.31. The molecule has 0 aliphatic rings. The van der Waals surface area contributed by atoms with Crippen molar-refractivity contribution >= 4 is 32.9 Å². The Labute approximate surface area is 185 Å². The van der Waals surface area contributed by atoms with Crippen LogP contribution in [0.5, 0.6) is 5.75 Å². The number of methoxy groups -OCH3 is 1. The van der Waals surface area contributed by atoms with E-state index < -0.39 is 22.3 Å². The number of carbonyl (C=O) groups excluding carboxylic acids is 1. The molecule has 2 aromatic carbocycles. The van der Waals surface area contributed by atoms with Crippen molar-refractivity contribution in [2.45, 2.75) is 13.2 Å². The molecule has 0 radical (unpaired) electrons. The number of nitrogens with zero attached hydrogens (tertiary/aromatic N) is 2. The molecule has 1 atom stereocenters. The number of benzene rings is 2. The van der Waals surface area contributed by atoms with E-state index in [-0.39, 0.29) is 5.96 Å². The molecule has 170 valence electrons. The lowest BCUT2D eigenvalue weighted by Gasteiger charge is -2.15. The van der Waals surface area contributed by atoms with Crippen LogP contribution in [-0.4, -0.2) is 49.5 Å². The summed E-state index contributed by atoms with van der Waals surface area (Å²) in [5.41, 5.74) is 13.1. The smallest absolute Gasteiger partial charge is 0.280 e. The quantitative estimate of drug-likeness (QED) is 0.224. The highest BCUT2D eigenvalue weighted by molar-refractivity contribution is 7.85. The van der Waals surface area contributed by atoms with Crippen molar-refractivity contribution in [3.8, 4) is 17.0 Å². The molecule has 0 aliphatic heterocycles. The minimum atomic E-state index is -3.67. The predicted octanol–water partition coefficient (Wildman–Crippen LogP) is 2.19. The van der Waals surface area contributed by atoms with Crippen LogP contribution in [0.4, 0.5) is 0 Å². The molecule has 32 heavy (non-hydrogen) atoms. The summed E-state index contributed by atoms with van der Waals surface area (Å²) in [5, 5.41) is 0.588. The minimum Gasteiger partial charge on any atom is -0.463 e. The van der Waals surface area contributed by atoms with Crippen LogP contribution in [-0.2, 0) is 14.9 Å². The molecule has 1 unspecified atom stereocenters. The zero-order valence-corrected chi connectivity index (χ0v) is 18.5. The number of amides is 1. The van der Waals surface area contributed by atoms with Crippen LogP contribution >= 0.6 is 0 Å². The van der Waals surface area contributed by atoms with Gasteiger partial charge in [0, 0.05) is 18.1 Å². The first-order chi connectivity index (χ1) is 15.0. The molecule has 1 aromatic heterocycles. The van der Waals surface area contributed by atoms with E-state index >= 15 is 0 Å². The first-order valence-corrected chi connectivity index (χ1v) is 11.1. The number of aromatic nitrogens is 1. The first kappa shape index (κ1) is 24.7. The SMILES string of the molecule is COC(C)Oc1cccc2c(C(=O)N=C(N)N)cc(-c3ccccc3)nc12.CS(=O)(=O)O. The minimum absolute atomic E-state index is 0.299. The second-order valence-corrected chi connectivity index (χ2v) is 8.04. The zero-order valence-electron chi connectivity index (χ0n) is 17.7. The second kappa shape index (κ2) is 10.7. The molecule has 11 heteroatoms. The summed E-state index contributed by atoms with van der Waals surface area (Å²) in [5.74, 6) is -0.346. The van der Waals surface area contributed by atoms with Crippen LogP contribution in [0.15, 0.2) is 59.6 Å². The fourth-order valence-corrected chi connectivity index (χ4v) is 2.66. The van der Waals surface area contributed by atoms with Crippen LogP contribution in [0.1, 0.15) is 17.3 Å². The van der Waals surface area contributed by atoms with E-state index in [1.165, 1.54) is 0 Å². The van der Waals surface area contributed by atoms with Gasteiger partial charge < -0.3 is 20.9 Å². The maximum atomic E-state index is 12.6. The molecule has 1 heterocycles. The Morgan fingerprint density at radius 3 is 2.31 bits per heavy atom. The van der Waals surface area contributed by atoms with E-state index in [0.29, 0.717) is 34.2 Å². The van der Waals surface area contributed by atoms with Gasteiger partial charge in [-0.3, -0.25) is 9.35 Å². The van der Waals surface area contributed by atoms with Crippen molar-refractivity contribution < 1.29 is 27.2 Å². The normalized spacial score (nSPS) is 11.8. The van der Waals surface area contributed by atoms with Gasteiger partial charge in [0.25, 0.3) is 16.0 Å². The van der Waals surface area contributed by atoms with Crippen LogP contribution < -0.4 is 16.2 Å². The molecule has 5 N–H and O–H groups in total. The van der Waals surface area contributed by atoms with Crippen molar-refractivity contribution in [2.24, 2.45) is 16.5 Å². The summed E-state index contributed by atoms with van der Waals surface area (Å²) in [4.78, 5) is 21.0. The van der Waals surface area contributed by atoms with Gasteiger partial charge in [-0.05, 0) is 19.1 Å². The van der Waals surface area contributed by atoms with Crippen LogP contribution in [0.25, 0.3) is 22.2 Å². The van der Waals surface area contributed by atoms with Crippen LogP contribution in [0, 0.1) is 0 Å². The molecule has 0 aliphatic carbocycles. The van der Waals surface area contributed by atoms with Crippen molar-refractivity contribution in [1.82, 2.24) is 4.98 Å². The van der Waals surface area contributed by atoms with Gasteiger partial charge in [-0.15, -0.1) is 0 Å².